The van der Waals surface area contributed by atoms with Gasteiger partial charge in [0.1, 0.15) is 21.3 Å². The molecule has 0 aliphatic heterocycles. The first kappa shape index (κ1) is 30.2. The van der Waals surface area contributed by atoms with E-state index in [1.807, 2.05) is 0 Å². The zero-order valence-electron chi connectivity index (χ0n) is 14.8. The summed E-state index contributed by atoms with van der Waals surface area (Å²) < 4.78 is 0. The van der Waals surface area contributed by atoms with Crippen molar-refractivity contribution in [2.24, 2.45) is 30.9 Å². The second-order valence-electron chi connectivity index (χ2n) is 3.48. The van der Waals surface area contributed by atoms with E-state index < -0.39 is 0 Å². The van der Waals surface area contributed by atoms with Crippen LogP contribution in [-0.4, -0.2) is 72.7 Å². The van der Waals surface area contributed by atoms with E-state index in [9.17, 15) is 0 Å². The van der Waals surface area contributed by atoms with Crippen LogP contribution in [0.3, 0.4) is 0 Å². The molecule has 0 spiro atoms. The van der Waals surface area contributed by atoms with Crippen LogP contribution in [0, 0.1) is 0 Å². The maximum atomic E-state index is 7.90. The molecule has 0 amide bonds. The summed E-state index contributed by atoms with van der Waals surface area (Å²) in [7, 11) is 4.28. The van der Waals surface area contributed by atoms with Gasteiger partial charge in [-0.3, -0.25) is 0 Å². The molecule has 0 unspecified atom stereocenters. The van der Waals surface area contributed by atoms with Gasteiger partial charge in [-0.1, -0.05) is 30.9 Å². The fraction of sp³-hybridized carbons (Fsp3) is 0.500. The van der Waals surface area contributed by atoms with Crippen LogP contribution in [0.15, 0.2) is 30.9 Å². The Morgan fingerprint density at radius 2 is 0.800 bits per heavy atom. The molecule has 0 aliphatic rings. The first-order valence-corrected chi connectivity index (χ1v) is 6.18. The monoisotopic (exact) mass is 406 g/mol. The first-order valence-electron chi connectivity index (χ1n) is 6.18. The van der Waals surface area contributed by atoms with Crippen molar-refractivity contribution >= 4 is 35.8 Å². The van der Waals surface area contributed by atoms with Crippen LogP contribution in [0.4, 0.5) is 0 Å². The second kappa shape index (κ2) is 26.2. The average molecular weight is 407 g/mol. The largest absolute Gasteiger partial charge is 0.411 e. The maximum absolute atomic E-state index is 7.90. The van der Waals surface area contributed by atoms with Crippen LogP contribution in [0.5, 0.6) is 0 Å². The number of hydrogen-bond acceptors (Lipinski definition) is 12. The van der Waals surface area contributed by atoms with E-state index in [2.05, 4.69) is 45.4 Å². The third-order valence-electron chi connectivity index (χ3n) is 1.44. The predicted octanol–water partition coefficient (Wildman–Crippen LogP) is 1.40. The molecule has 0 heterocycles. The van der Waals surface area contributed by atoms with Crippen LogP contribution >= 0.6 is 0 Å². The van der Waals surface area contributed by atoms with E-state index in [1.54, 1.807) is 20.8 Å². The van der Waals surface area contributed by atoms with E-state index in [-0.39, 0.29) is 16.5 Å². The average Bonchev–Trinajstić information content (AvgIpc) is 2.50. The van der Waals surface area contributed by atoms with E-state index in [0.717, 1.165) is 0 Å². The van der Waals surface area contributed by atoms with Gasteiger partial charge in [0.25, 0.3) is 0 Å². The molecule has 0 aromatic rings. The summed E-state index contributed by atoms with van der Waals surface area (Å²) in [5.41, 5.74) is 1.57. The zero-order chi connectivity index (χ0) is 19.2. The normalized spacial score (nSPS) is 12.0. The van der Waals surface area contributed by atoms with Crippen LogP contribution in [-0.2, 0) is 31.0 Å². The Balaban J connectivity index is -0.000000130. The summed E-state index contributed by atoms with van der Waals surface area (Å²) in [6.45, 7) is 4.97. The minimum atomic E-state index is 0. The molecular weight excluding hydrogens is 383 g/mol. The Labute approximate surface area is 156 Å². The third kappa shape index (κ3) is 33.9. The van der Waals surface area contributed by atoms with Crippen LogP contribution in [0.25, 0.3) is 0 Å². The zero-order valence-corrected chi connectivity index (χ0v) is 15.8. The number of nitrogens with zero attached hydrogens (tertiary/aromatic N) is 6. The Hall–Kier alpha value is -2.69. The van der Waals surface area contributed by atoms with Crippen molar-refractivity contribution in [3.8, 4) is 0 Å². The summed E-state index contributed by atoms with van der Waals surface area (Å²) >= 11 is 0. The molecule has 3 N–H and O–H groups in total. The van der Waals surface area contributed by atoms with Gasteiger partial charge >= 0.3 is 0 Å². The topological polar surface area (TPSA) is 163 Å². The van der Waals surface area contributed by atoms with E-state index in [0.29, 0.717) is 17.1 Å². The van der Waals surface area contributed by atoms with Crippen molar-refractivity contribution in [3.05, 3.63) is 0 Å². The second-order valence-corrected chi connectivity index (χ2v) is 3.48. The Morgan fingerprint density at radius 1 is 0.600 bits per heavy atom. The van der Waals surface area contributed by atoms with Gasteiger partial charge in [-0.15, -0.1) is 0 Å². The molecule has 0 rings (SSSR count). The minimum Gasteiger partial charge on any atom is -0.411 e. The maximum Gasteiger partial charge on any atom is 0.106 e. The summed E-state index contributed by atoms with van der Waals surface area (Å²) in [5.74, 6) is 0. The molecule has 0 atom stereocenters. The molecule has 0 aromatic heterocycles. The van der Waals surface area contributed by atoms with Crippen molar-refractivity contribution in [1.29, 1.82) is 0 Å². The van der Waals surface area contributed by atoms with Gasteiger partial charge in [0.05, 0.1) is 35.8 Å². The molecule has 0 saturated carbocycles. The molecule has 25 heavy (non-hydrogen) atoms. The summed E-state index contributed by atoms with van der Waals surface area (Å²) in [6, 6.07) is 0. The van der Waals surface area contributed by atoms with E-state index in [4.69, 9.17) is 15.6 Å². The summed E-state index contributed by atoms with van der Waals surface area (Å²) in [4.78, 5) is 13.0. The molecular formula is C12H24N6NiO6. The molecule has 0 fully saturated rings. The Kier molecular flexibility index (Phi) is 31.7. The van der Waals surface area contributed by atoms with Gasteiger partial charge in [-0.25, -0.2) is 0 Å². The number of rotatable bonds is 6. The van der Waals surface area contributed by atoms with Gasteiger partial charge < -0.3 is 30.1 Å². The molecule has 0 aliphatic carbocycles. The molecule has 148 valence electrons. The number of hydrogen-bond donors (Lipinski definition) is 3. The standard InChI is InChI=1S/3C4H8N2O2.Ni/c3*1-4(3-5-7)6-8-2;/h3*3,7H,1-2H3;. The van der Waals surface area contributed by atoms with E-state index in [1.165, 1.54) is 40.0 Å². The van der Waals surface area contributed by atoms with Crippen molar-refractivity contribution in [2.75, 3.05) is 21.3 Å². The van der Waals surface area contributed by atoms with Gasteiger partial charge in [0, 0.05) is 16.5 Å². The molecule has 0 saturated heterocycles. The van der Waals surface area contributed by atoms with Crippen molar-refractivity contribution in [2.45, 2.75) is 20.8 Å². The van der Waals surface area contributed by atoms with Crippen LogP contribution in [0.2, 0.25) is 0 Å². The van der Waals surface area contributed by atoms with Gasteiger partial charge in [0.2, 0.25) is 0 Å². The first-order chi connectivity index (χ1) is 11.4. The SMILES string of the molecule is CON=C(C)C=NO.CON=C(C)C=NO.CON=C(C)C=NO.[Ni]. The van der Waals surface area contributed by atoms with Gasteiger partial charge in [-0.05, 0) is 20.8 Å². The quantitative estimate of drug-likeness (QED) is 0.261. The smallest absolute Gasteiger partial charge is 0.106 e. The van der Waals surface area contributed by atoms with Crippen LogP contribution < -0.4 is 0 Å². The van der Waals surface area contributed by atoms with Crippen molar-refractivity contribution < 1.29 is 46.6 Å². The van der Waals surface area contributed by atoms with Gasteiger partial charge in [0.15, 0.2) is 0 Å². The number of oxime groups is 6. The van der Waals surface area contributed by atoms with Crippen molar-refractivity contribution in [3.63, 3.8) is 0 Å². The molecule has 0 aromatic carbocycles. The fourth-order valence-electron chi connectivity index (χ4n) is 0.753. The minimum absolute atomic E-state index is 0. The molecule has 0 radical (unpaired) electrons. The third-order valence-corrected chi connectivity index (χ3v) is 1.44. The van der Waals surface area contributed by atoms with E-state index >= 15 is 0 Å². The predicted molar refractivity (Wildman–Crippen MR) is 91.2 cm³/mol. The molecule has 12 nitrogen and oxygen atoms in total. The summed E-state index contributed by atoms with van der Waals surface area (Å²) in [6.07, 6.45) is 3.55. The van der Waals surface area contributed by atoms with Gasteiger partial charge in [-0.2, -0.15) is 0 Å². The fourth-order valence-corrected chi connectivity index (χ4v) is 0.753. The Bertz CT molecular complexity index is 398. The van der Waals surface area contributed by atoms with Crippen LogP contribution in [0.1, 0.15) is 20.8 Å². The molecule has 0 bridgehead atoms. The molecule has 13 heteroatoms. The Morgan fingerprint density at radius 3 is 0.920 bits per heavy atom. The van der Waals surface area contributed by atoms with Crippen molar-refractivity contribution in [1.82, 2.24) is 0 Å². The summed E-state index contributed by atoms with van der Waals surface area (Å²) in [5, 5.41) is 42.1.